The Labute approximate surface area is 173 Å². The van der Waals surface area contributed by atoms with Crippen molar-refractivity contribution in [2.75, 3.05) is 6.54 Å². The first kappa shape index (κ1) is 19.8. The zero-order valence-electron chi connectivity index (χ0n) is 17.2. The molecule has 2 N–H and O–H groups in total. The number of carbonyl (C=O) groups is 1. The fraction of sp³-hybridized carbons (Fsp3) is 0.250. The molecule has 0 radical (unpaired) electrons. The molecule has 154 valence electrons. The summed E-state index contributed by atoms with van der Waals surface area (Å²) < 4.78 is 11.1. The summed E-state index contributed by atoms with van der Waals surface area (Å²) in [5, 5.41) is 4.94. The van der Waals surface area contributed by atoms with Crippen LogP contribution in [0.1, 0.15) is 23.6 Å². The highest BCUT2D eigenvalue weighted by Crippen LogP contribution is 2.24. The number of nitrogens with one attached hydrogen (secondary N) is 2. The Balaban J connectivity index is 1.38. The predicted octanol–water partition coefficient (Wildman–Crippen LogP) is 4.02. The average Bonchev–Trinajstić information content (AvgIpc) is 3.15. The minimum Gasteiger partial charge on any atom is -0.481 e. The van der Waals surface area contributed by atoms with Crippen LogP contribution in [-0.4, -0.2) is 23.5 Å². The van der Waals surface area contributed by atoms with E-state index in [2.05, 4.69) is 16.4 Å². The molecule has 30 heavy (non-hydrogen) atoms. The van der Waals surface area contributed by atoms with Crippen molar-refractivity contribution in [2.24, 2.45) is 0 Å². The third-order valence-electron chi connectivity index (χ3n) is 5.48. The minimum atomic E-state index is -0.677. The van der Waals surface area contributed by atoms with Crippen molar-refractivity contribution in [1.29, 1.82) is 0 Å². The molecule has 1 amide bonds. The molecule has 2 heterocycles. The number of ether oxygens (including phenoxy) is 1. The lowest BCUT2D eigenvalue weighted by molar-refractivity contribution is -0.127. The van der Waals surface area contributed by atoms with Gasteiger partial charge in [0.2, 0.25) is 0 Å². The van der Waals surface area contributed by atoms with Crippen molar-refractivity contribution in [2.45, 2.75) is 33.3 Å². The minimum absolute atomic E-state index is 0.198. The van der Waals surface area contributed by atoms with Gasteiger partial charge in [0.1, 0.15) is 11.3 Å². The van der Waals surface area contributed by atoms with E-state index in [-0.39, 0.29) is 11.5 Å². The number of aromatic nitrogens is 1. The molecule has 2 aromatic heterocycles. The van der Waals surface area contributed by atoms with Gasteiger partial charge in [-0.2, -0.15) is 0 Å². The van der Waals surface area contributed by atoms with Gasteiger partial charge < -0.3 is 19.5 Å². The normalized spacial score (nSPS) is 12.2. The van der Waals surface area contributed by atoms with Gasteiger partial charge in [0, 0.05) is 40.7 Å². The first-order valence-corrected chi connectivity index (χ1v) is 9.97. The lowest BCUT2D eigenvalue weighted by Crippen LogP contribution is -2.37. The van der Waals surface area contributed by atoms with Crippen molar-refractivity contribution in [3.63, 3.8) is 0 Å². The van der Waals surface area contributed by atoms with E-state index >= 15 is 0 Å². The van der Waals surface area contributed by atoms with Gasteiger partial charge in [-0.1, -0.05) is 18.2 Å². The summed E-state index contributed by atoms with van der Waals surface area (Å²) in [4.78, 5) is 27.6. The van der Waals surface area contributed by atoms with Crippen LogP contribution in [0.2, 0.25) is 0 Å². The van der Waals surface area contributed by atoms with Crippen LogP contribution in [0.5, 0.6) is 5.75 Å². The van der Waals surface area contributed by atoms with Gasteiger partial charge >= 0.3 is 5.63 Å². The zero-order valence-corrected chi connectivity index (χ0v) is 17.2. The maximum absolute atomic E-state index is 12.4. The number of carbonyl (C=O) groups excluding carboxylic acids is 1. The van der Waals surface area contributed by atoms with Gasteiger partial charge in [0.15, 0.2) is 6.10 Å². The number of aromatic amines is 1. The molecule has 0 fully saturated rings. The highest BCUT2D eigenvalue weighted by atomic mass is 16.5. The Morgan fingerprint density at radius 1 is 1.13 bits per heavy atom. The summed E-state index contributed by atoms with van der Waals surface area (Å²) in [7, 11) is 0. The number of rotatable bonds is 6. The maximum Gasteiger partial charge on any atom is 0.339 e. The second-order valence-electron chi connectivity index (χ2n) is 7.46. The molecule has 6 nitrogen and oxygen atoms in total. The number of para-hydroxylation sites is 1. The molecule has 4 aromatic rings. The van der Waals surface area contributed by atoms with Gasteiger partial charge in [0.05, 0.1) is 0 Å². The molecular formula is C24H24N2O4. The maximum atomic E-state index is 12.4. The third kappa shape index (κ3) is 3.81. The molecule has 0 spiro atoms. The second kappa shape index (κ2) is 8.06. The Morgan fingerprint density at radius 3 is 2.77 bits per heavy atom. The summed E-state index contributed by atoms with van der Waals surface area (Å²) in [5.41, 5.74) is 3.82. The second-order valence-corrected chi connectivity index (χ2v) is 7.46. The lowest BCUT2D eigenvalue weighted by atomic mass is 10.1. The molecular weight excluding hydrogens is 380 g/mol. The number of hydrogen-bond acceptors (Lipinski definition) is 4. The van der Waals surface area contributed by atoms with E-state index in [0.29, 0.717) is 23.4 Å². The average molecular weight is 404 g/mol. The molecule has 0 aliphatic heterocycles. The molecule has 0 aliphatic carbocycles. The molecule has 2 aromatic carbocycles. The number of benzene rings is 2. The van der Waals surface area contributed by atoms with Crippen molar-refractivity contribution >= 4 is 27.8 Å². The van der Waals surface area contributed by atoms with Crippen LogP contribution in [0.4, 0.5) is 0 Å². The highest BCUT2D eigenvalue weighted by molar-refractivity contribution is 5.84. The van der Waals surface area contributed by atoms with Gasteiger partial charge in [-0.05, 0) is 56.5 Å². The molecule has 4 rings (SSSR count). The predicted molar refractivity (Wildman–Crippen MR) is 117 cm³/mol. The van der Waals surface area contributed by atoms with E-state index < -0.39 is 6.10 Å². The fourth-order valence-electron chi connectivity index (χ4n) is 3.56. The first-order valence-electron chi connectivity index (χ1n) is 9.97. The van der Waals surface area contributed by atoms with Crippen LogP contribution in [0.15, 0.2) is 57.9 Å². The molecule has 0 aliphatic rings. The van der Waals surface area contributed by atoms with Crippen molar-refractivity contribution in [1.82, 2.24) is 10.3 Å². The van der Waals surface area contributed by atoms with Crippen LogP contribution in [0.3, 0.4) is 0 Å². The summed E-state index contributed by atoms with van der Waals surface area (Å²) in [5.74, 6) is 0.282. The van der Waals surface area contributed by atoms with Crippen LogP contribution < -0.4 is 15.7 Å². The van der Waals surface area contributed by atoms with E-state index in [4.69, 9.17) is 9.15 Å². The molecule has 0 saturated carbocycles. The van der Waals surface area contributed by atoms with Crippen LogP contribution in [-0.2, 0) is 11.2 Å². The van der Waals surface area contributed by atoms with Crippen molar-refractivity contribution in [3.05, 3.63) is 75.8 Å². The molecule has 1 atom stereocenters. The smallest absolute Gasteiger partial charge is 0.339 e. The standard InChI is InChI=1S/C24H24N2O4/c1-14-15(2)24(28)30-22-12-18(8-9-19(14)22)29-16(3)23(27)25-11-10-17-13-26-21-7-5-4-6-20(17)21/h4-9,12-13,16,26H,10-11H2,1-3H3,(H,25,27)/t16-/m1/s1. The van der Waals surface area contributed by atoms with E-state index in [1.54, 1.807) is 26.0 Å². The van der Waals surface area contributed by atoms with E-state index in [9.17, 15) is 9.59 Å². The van der Waals surface area contributed by atoms with Crippen molar-refractivity contribution in [3.8, 4) is 5.75 Å². The summed E-state index contributed by atoms with van der Waals surface area (Å²) in [6, 6.07) is 13.4. The number of fused-ring (bicyclic) bond motifs is 2. The number of aryl methyl sites for hydroxylation is 1. The molecule has 0 saturated heterocycles. The van der Waals surface area contributed by atoms with Crippen LogP contribution in [0, 0.1) is 13.8 Å². The largest absolute Gasteiger partial charge is 0.481 e. The monoisotopic (exact) mass is 404 g/mol. The van der Waals surface area contributed by atoms with E-state index in [1.165, 1.54) is 5.39 Å². The summed E-state index contributed by atoms with van der Waals surface area (Å²) >= 11 is 0. The summed E-state index contributed by atoms with van der Waals surface area (Å²) in [6.07, 6.45) is 2.02. The third-order valence-corrected chi connectivity index (χ3v) is 5.48. The molecule has 0 unspecified atom stereocenters. The number of H-pyrrole nitrogens is 1. The Hall–Kier alpha value is -3.54. The van der Waals surface area contributed by atoms with Crippen molar-refractivity contribution < 1.29 is 13.9 Å². The van der Waals surface area contributed by atoms with Gasteiger partial charge in [-0.25, -0.2) is 4.79 Å². The highest BCUT2D eigenvalue weighted by Gasteiger charge is 2.16. The Morgan fingerprint density at radius 2 is 1.93 bits per heavy atom. The number of amides is 1. The Kier molecular flexibility index (Phi) is 5.31. The zero-order chi connectivity index (χ0) is 21.3. The van der Waals surface area contributed by atoms with E-state index in [1.807, 2.05) is 37.4 Å². The SMILES string of the molecule is Cc1c(C)c2ccc(O[C@H](C)C(=O)NCCc3c[nH]c4ccccc34)cc2oc1=O. The Bertz CT molecular complexity index is 1290. The van der Waals surface area contributed by atoms with Gasteiger partial charge in [-0.15, -0.1) is 0 Å². The van der Waals surface area contributed by atoms with Gasteiger partial charge in [-0.3, -0.25) is 4.79 Å². The van der Waals surface area contributed by atoms with Crippen LogP contribution >= 0.6 is 0 Å². The number of hydrogen-bond donors (Lipinski definition) is 2. The molecule has 0 bridgehead atoms. The van der Waals surface area contributed by atoms with E-state index in [0.717, 1.165) is 28.5 Å². The summed E-state index contributed by atoms with van der Waals surface area (Å²) in [6.45, 7) is 5.84. The first-order chi connectivity index (χ1) is 14.4. The topological polar surface area (TPSA) is 84.3 Å². The quantitative estimate of drug-likeness (QED) is 0.476. The lowest BCUT2D eigenvalue weighted by Gasteiger charge is -2.15. The molecule has 6 heteroatoms. The van der Waals surface area contributed by atoms with Gasteiger partial charge in [0.25, 0.3) is 5.91 Å². The van der Waals surface area contributed by atoms with Crippen LogP contribution in [0.25, 0.3) is 21.9 Å². The fourth-order valence-corrected chi connectivity index (χ4v) is 3.56.